The van der Waals surface area contributed by atoms with E-state index in [0.29, 0.717) is 21.8 Å². The van der Waals surface area contributed by atoms with Crippen LogP contribution in [0, 0.1) is 11.3 Å². The molecule has 0 aliphatic carbocycles. The van der Waals surface area contributed by atoms with Gasteiger partial charge < -0.3 is 4.74 Å². The molecule has 0 spiro atoms. The molecule has 0 amide bonds. The molecule has 0 saturated carbocycles. The smallest absolute Gasteiger partial charge is 0.268 e. The first kappa shape index (κ1) is 21.0. The maximum absolute atomic E-state index is 14.0. The van der Waals surface area contributed by atoms with Crippen molar-refractivity contribution in [3.05, 3.63) is 95.2 Å². The highest BCUT2D eigenvalue weighted by Crippen LogP contribution is 2.44. The molecule has 0 N–H and O–H groups in total. The number of nitriles is 1. The van der Waals surface area contributed by atoms with Crippen molar-refractivity contribution in [3.8, 4) is 34.2 Å². The van der Waals surface area contributed by atoms with E-state index in [-0.39, 0.29) is 4.90 Å². The van der Waals surface area contributed by atoms with E-state index < -0.39 is 10.0 Å². The summed E-state index contributed by atoms with van der Waals surface area (Å²) in [5.41, 5.74) is 3.28. The number of nitrogens with zero attached hydrogens (tertiary/aromatic N) is 2. The van der Waals surface area contributed by atoms with Gasteiger partial charge in [0.05, 0.1) is 23.2 Å². The first-order valence-corrected chi connectivity index (χ1v) is 12.4. The topological polar surface area (TPSA) is 72.1 Å². The summed E-state index contributed by atoms with van der Waals surface area (Å²) in [5, 5.41) is 12.3. The molecule has 0 aliphatic rings. The van der Waals surface area contributed by atoms with E-state index in [9.17, 15) is 13.7 Å². The second-order valence-electron chi connectivity index (χ2n) is 7.33. The molecule has 2 aromatic heterocycles. The van der Waals surface area contributed by atoms with Crippen molar-refractivity contribution < 1.29 is 13.2 Å². The Hall–Kier alpha value is -3.86. The fourth-order valence-corrected chi connectivity index (χ4v) is 6.27. The molecule has 162 valence electrons. The third-order valence-corrected chi connectivity index (χ3v) is 8.06. The van der Waals surface area contributed by atoms with E-state index in [0.717, 1.165) is 22.1 Å². The Morgan fingerprint density at radius 3 is 2.30 bits per heavy atom. The molecule has 0 radical (unpaired) electrons. The predicted molar refractivity (Wildman–Crippen MR) is 131 cm³/mol. The van der Waals surface area contributed by atoms with Gasteiger partial charge in [-0.2, -0.15) is 5.26 Å². The van der Waals surface area contributed by atoms with E-state index in [1.165, 1.54) is 22.4 Å². The summed E-state index contributed by atoms with van der Waals surface area (Å²) >= 11 is 1.34. The lowest BCUT2D eigenvalue weighted by molar-refractivity contribution is 0.414. The molecule has 5 aromatic rings. The van der Waals surface area contributed by atoms with E-state index in [4.69, 9.17) is 4.74 Å². The van der Waals surface area contributed by atoms with Crippen LogP contribution in [-0.2, 0) is 10.0 Å². The largest absolute Gasteiger partial charge is 0.497 e. The maximum Gasteiger partial charge on any atom is 0.268 e. The fraction of sp³-hybridized carbons (Fsp3) is 0.0385. The summed E-state index contributed by atoms with van der Waals surface area (Å²) in [4.78, 5) is 0.690. The van der Waals surface area contributed by atoms with Gasteiger partial charge in [0, 0.05) is 16.5 Å². The average molecular weight is 471 g/mol. The van der Waals surface area contributed by atoms with E-state index in [2.05, 4.69) is 6.07 Å². The lowest BCUT2D eigenvalue weighted by Crippen LogP contribution is -2.14. The maximum atomic E-state index is 14.0. The van der Waals surface area contributed by atoms with E-state index in [1.807, 2.05) is 60.0 Å². The minimum Gasteiger partial charge on any atom is -0.497 e. The van der Waals surface area contributed by atoms with Crippen LogP contribution in [0.5, 0.6) is 5.75 Å². The zero-order valence-corrected chi connectivity index (χ0v) is 19.2. The summed E-state index contributed by atoms with van der Waals surface area (Å²) in [5.74, 6) is 0.576. The van der Waals surface area contributed by atoms with Crippen LogP contribution in [0.1, 0.15) is 4.88 Å². The van der Waals surface area contributed by atoms with Gasteiger partial charge in [0.15, 0.2) is 0 Å². The number of ether oxygens (including phenoxy) is 1. The number of hydrogen-bond donors (Lipinski definition) is 0. The van der Waals surface area contributed by atoms with Crippen LogP contribution >= 0.6 is 11.3 Å². The minimum absolute atomic E-state index is 0.151. The number of methoxy groups -OCH3 is 1. The van der Waals surface area contributed by atoms with E-state index >= 15 is 0 Å². The van der Waals surface area contributed by atoms with Crippen molar-refractivity contribution in [2.75, 3.05) is 7.11 Å². The lowest BCUT2D eigenvalue weighted by Gasteiger charge is -2.14. The molecular formula is C26H18N2O3S2. The summed E-state index contributed by atoms with van der Waals surface area (Å²) in [6, 6.07) is 27.3. The van der Waals surface area contributed by atoms with Crippen molar-refractivity contribution in [3.63, 3.8) is 0 Å². The number of aromatic nitrogens is 1. The molecule has 3 aromatic carbocycles. The van der Waals surface area contributed by atoms with Gasteiger partial charge in [-0.3, -0.25) is 0 Å². The Morgan fingerprint density at radius 2 is 1.61 bits per heavy atom. The van der Waals surface area contributed by atoms with Crippen LogP contribution in [0.3, 0.4) is 0 Å². The highest BCUT2D eigenvalue weighted by atomic mass is 32.2. The molecule has 0 unspecified atom stereocenters. The first-order chi connectivity index (χ1) is 16.1. The second kappa shape index (κ2) is 8.24. The van der Waals surface area contributed by atoms with Crippen LogP contribution in [0.2, 0.25) is 0 Å². The minimum atomic E-state index is -3.98. The highest BCUT2D eigenvalue weighted by molar-refractivity contribution is 7.90. The van der Waals surface area contributed by atoms with Gasteiger partial charge in [0.2, 0.25) is 0 Å². The standard InChI is InChI=1S/C26H18N2O3S2/c1-31-19-11-13-20(14-12-19)33(29,30)28-23-10-6-5-9-21(23)25(22-15-16-32-24(22)17-27)26(28)18-7-3-2-4-8-18/h2-16H,1H3. The van der Waals surface area contributed by atoms with Crippen LogP contribution in [0.15, 0.2) is 95.2 Å². The molecule has 0 bridgehead atoms. The molecule has 5 rings (SSSR count). The Bertz CT molecular complexity index is 1610. The predicted octanol–water partition coefficient (Wildman–Crippen LogP) is 6.15. The van der Waals surface area contributed by atoms with Crippen LogP contribution in [-0.4, -0.2) is 19.5 Å². The Morgan fingerprint density at radius 1 is 0.909 bits per heavy atom. The van der Waals surface area contributed by atoms with Crippen molar-refractivity contribution in [2.45, 2.75) is 4.90 Å². The second-order valence-corrected chi connectivity index (χ2v) is 10.0. The van der Waals surface area contributed by atoms with Gasteiger partial charge in [-0.05, 0) is 47.3 Å². The summed E-state index contributed by atoms with van der Waals surface area (Å²) < 4.78 is 34.7. The monoisotopic (exact) mass is 470 g/mol. The Kier molecular flexibility index (Phi) is 5.25. The van der Waals surface area contributed by atoms with Crippen LogP contribution in [0.25, 0.3) is 33.3 Å². The molecule has 0 fully saturated rings. The van der Waals surface area contributed by atoms with Gasteiger partial charge in [0.1, 0.15) is 16.7 Å². The quantitative estimate of drug-likeness (QED) is 0.309. The van der Waals surface area contributed by atoms with Crippen LogP contribution in [0.4, 0.5) is 0 Å². The third-order valence-electron chi connectivity index (χ3n) is 5.51. The average Bonchev–Trinajstić information content (AvgIpc) is 3.46. The number of benzene rings is 3. The zero-order valence-electron chi connectivity index (χ0n) is 17.6. The van der Waals surface area contributed by atoms with Gasteiger partial charge in [0.25, 0.3) is 10.0 Å². The van der Waals surface area contributed by atoms with Crippen LogP contribution < -0.4 is 4.74 Å². The first-order valence-electron chi connectivity index (χ1n) is 10.1. The Balaban J connectivity index is 1.93. The molecule has 5 nitrogen and oxygen atoms in total. The molecule has 0 saturated heterocycles. The number of hydrogen-bond acceptors (Lipinski definition) is 5. The number of rotatable bonds is 5. The van der Waals surface area contributed by atoms with Crippen molar-refractivity contribution in [1.82, 2.24) is 3.97 Å². The number of thiophene rings is 1. The van der Waals surface area contributed by atoms with Gasteiger partial charge in [-0.1, -0.05) is 48.5 Å². The fourth-order valence-electron chi connectivity index (χ4n) is 4.04. The van der Waals surface area contributed by atoms with Crippen molar-refractivity contribution in [1.29, 1.82) is 5.26 Å². The molecule has 7 heteroatoms. The summed E-state index contributed by atoms with van der Waals surface area (Å²) in [6.45, 7) is 0. The van der Waals surface area contributed by atoms with Gasteiger partial charge >= 0.3 is 0 Å². The summed E-state index contributed by atoms with van der Waals surface area (Å²) in [6.07, 6.45) is 0. The SMILES string of the molecule is COc1ccc(S(=O)(=O)n2c(-c3ccccc3)c(-c3ccsc3C#N)c3ccccc32)cc1. The number of para-hydroxylation sites is 1. The molecule has 0 atom stereocenters. The molecule has 2 heterocycles. The number of fused-ring (bicyclic) bond motifs is 1. The summed E-state index contributed by atoms with van der Waals surface area (Å²) in [7, 11) is -2.44. The normalized spacial score (nSPS) is 11.4. The lowest BCUT2D eigenvalue weighted by atomic mass is 9.99. The molecule has 0 aliphatic heterocycles. The van der Waals surface area contributed by atoms with Crippen molar-refractivity contribution in [2.24, 2.45) is 0 Å². The highest BCUT2D eigenvalue weighted by Gasteiger charge is 2.29. The van der Waals surface area contributed by atoms with Gasteiger partial charge in [-0.15, -0.1) is 11.3 Å². The Labute approximate surface area is 195 Å². The van der Waals surface area contributed by atoms with Gasteiger partial charge in [-0.25, -0.2) is 12.4 Å². The van der Waals surface area contributed by atoms with E-state index in [1.54, 1.807) is 30.3 Å². The zero-order chi connectivity index (χ0) is 23.0. The van der Waals surface area contributed by atoms with Crippen molar-refractivity contribution >= 4 is 32.3 Å². The molecular weight excluding hydrogens is 452 g/mol. The molecule has 33 heavy (non-hydrogen) atoms. The third kappa shape index (κ3) is 3.41.